The highest BCUT2D eigenvalue weighted by molar-refractivity contribution is 7.89. The van der Waals surface area contributed by atoms with Gasteiger partial charge >= 0.3 is 0 Å². The number of ether oxygens (including phenoxy) is 1. The maximum Gasteiger partial charge on any atom is 0.243 e. The van der Waals surface area contributed by atoms with Gasteiger partial charge in [0, 0.05) is 13.1 Å². The molecule has 1 saturated heterocycles. The number of nitrogens with zero attached hydrogens (tertiary/aromatic N) is 1. The molecule has 6 nitrogen and oxygen atoms in total. The first-order valence-corrected chi connectivity index (χ1v) is 11.3. The topological polar surface area (TPSA) is 75.7 Å². The van der Waals surface area contributed by atoms with Crippen molar-refractivity contribution in [1.82, 2.24) is 9.62 Å². The zero-order valence-corrected chi connectivity index (χ0v) is 17.9. The molecule has 1 amide bonds. The quantitative estimate of drug-likeness (QED) is 0.784. The number of hydrogen-bond donors (Lipinski definition) is 1. The molecular formula is C22H28N2O4S. The van der Waals surface area contributed by atoms with Crippen molar-refractivity contribution >= 4 is 15.9 Å². The molecule has 0 radical (unpaired) electrons. The lowest BCUT2D eigenvalue weighted by atomic mass is 9.97. The van der Waals surface area contributed by atoms with Gasteiger partial charge in [0.25, 0.3) is 0 Å². The van der Waals surface area contributed by atoms with Gasteiger partial charge in [0.1, 0.15) is 5.75 Å². The molecule has 1 heterocycles. The highest BCUT2D eigenvalue weighted by Crippen LogP contribution is 2.26. The van der Waals surface area contributed by atoms with Crippen molar-refractivity contribution in [2.45, 2.75) is 37.6 Å². The monoisotopic (exact) mass is 416 g/mol. The molecule has 7 heteroatoms. The van der Waals surface area contributed by atoms with Gasteiger partial charge in [-0.25, -0.2) is 8.42 Å². The van der Waals surface area contributed by atoms with Crippen LogP contribution in [-0.2, 0) is 14.8 Å². The van der Waals surface area contributed by atoms with Gasteiger partial charge in [-0.05, 0) is 56.5 Å². The summed E-state index contributed by atoms with van der Waals surface area (Å²) in [6.45, 7) is 4.58. The van der Waals surface area contributed by atoms with Gasteiger partial charge in [-0.1, -0.05) is 29.8 Å². The molecule has 156 valence electrons. The fraction of sp³-hybridized carbons (Fsp3) is 0.409. The molecule has 1 aliphatic heterocycles. The Balaban J connectivity index is 1.67. The van der Waals surface area contributed by atoms with E-state index in [4.69, 9.17) is 4.74 Å². The van der Waals surface area contributed by atoms with Crippen LogP contribution >= 0.6 is 0 Å². The lowest BCUT2D eigenvalue weighted by Gasteiger charge is -2.32. The summed E-state index contributed by atoms with van der Waals surface area (Å²) in [7, 11) is -2.10. The smallest absolute Gasteiger partial charge is 0.243 e. The maximum absolute atomic E-state index is 13.0. The summed E-state index contributed by atoms with van der Waals surface area (Å²) in [6.07, 6.45) is 1.34. The van der Waals surface area contributed by atoms with Crippen LogP contribution in [0.25, 0.3) is 0 Å². The molecule has 2 atom stereocenters. The van der Waals surface area contributed by atoms with Crippen LogP contribution in [0, 0.1) is 12.8 Å². The van der Waals surface area contributed by atoms with Crippen molar-refractivity contribution in [3.05, 3.63) is 59.7 Å². The van der Waals surface area contributed by atoms with Crippen LogP contribution in [0.2, 0.25) is 0 Å². The minimum Gasteiger partial charge on any atom is -0.497 e. The number of sulfonamides is 1. The highest BCUT2D eigenvalue weighted by Gasteiger charge is 2.33. The van der Waals surface area contributed by atoms with Crippen LogP contribution < -0.4 is 10.1 Å². The molecule has 0 spiro atoms. The fourth-order valence-electron chi connectivity index (χ4n) is 3.54. The Morgan fingerprint density at radius 1 is 1.14 bits per heavy atom. The molecule has 3 rings (SSSR count). The van der Waals surface area contributed by atoms with E-state index in [1.165, 1.54) is 29.1 Å². The van der Waals surface area contributed by atoms with Gasteiger partial charge in [0.15, 0.2) is 0 Å². The van der Waals surface area contributed by atoms with Crippen LogP contribution in [0.4, 0.5) is 0 Å². The molecule has 2 aromatic carbocycles. The third-order valence-electron chi connectivity index (χ3n) is 5.39. The number of carbonyl (C=O) groups excluding carboxylic acids is 1. The predicted molar refractivity (Wildman–Crippen MR) is 112 cm³/mol. The second kappa shape index (κ2) is 8.97. The highest BCUT2D eigenvalue weighted by atomic mass is 32.2. The van der Waals surface area contributed by atoms with Gasteiger partial charge in [-0.15, -0.1) is 0 Å². The fourth-order valence-corrected chi connectivity index (χ4v) is 5.07. The Bertz CT molecular complexity index is 940. The number of nitrogens with one attached hydrogen (secondary N) is 1. The first kappa shape index (κ1) is 21.3. The first-order chi connectivity index (χ1) is 13.8. The first-order valence-electron chi connectivity index (χ1n) is 9.82. The predicted octanol–water partition coefficient (Wildman–Crippen LogP) is 3.28. The molecule has 0 aliphatic carbocycles. The van der Waals surface area contributed by atoms with E-state index in [0.29, 0.717) is 25.1 Å². The summed E-state index contributed by atoms with van der Waals surface area (Å²) in [5.41, 5.74) is 2.20. The number of benzene rings is 2. The Labute approximate surface area is 172 Å². The maximum atomic E-state index is 13.0. The number of aryl methyl sites for hydroxylation is 1. The summed E-state index contributed by atoms with van der Waals surface area (Å²) in [6, 6.07) is 14.2. The lowest BCUT2D eigenvalue weighted by Crippen LogP contribution is -2.45. The number of amides is 1. The summed E-state index contributed by atoms with van der Waals surface area (Å²) in [5, 5.41) is 3.04. The molecule has 29 heavy (non-hydrogen) atoms. The zero-order chi connectivity index (χ0) is 21.0. The normalized spacial score (nSPS) is 18.8. The summed E-state index contributed by atoms with van der Waals surface area (Å²) < 4.78 is 32.5. The molecule has 0 aromatic heterocycles. The van der Waals surface area contributed by atoms with Crippen molar-refractivity contribution in [3.8, 4) is 5.75 Å². The van der Waals surface area contributed by atoms with Gasteiger partial charge in [0.2, 0.25) is 15.9 Å². The van der Waals surface area contributed by atoms with Crippen LogP contribution in [-0.4, -0.2) is 38.8 Å². The van der Waals surface area contributed by atoms with Crippen LogP contribution in [0.5, 0.6) is 5.75 Å². The number of methoxy groups -OCH3 is 1. The second-order valence-electron chi connectivity index (χ2n) is 7.52. The van der Waals surface area contributed by atoms with E-state index in [9.17, 15) is 13.2 Å². The van der Waals surface area contributed by atoms with E-state index in [2.05, 4.69) is 5.32 Å². The Morgan fingerprint density at radius 3 is 2.41 bits per heavy atom. The van der Waals surface area contributed by atoms with Crippen LogP contribution in [0.3, 0.4) is 0 Å². The number of carbonyl (C=O) groups is 1. The summed E-state index contributed by atoms with van der Waals surface area (Å²) in [5.74, 6) is 0.141. The summed E-state index contributed by atoms with van der Waals surface area (Å²) >= 11 is 0. The van der Waals surface area contributed by atoms with E-state index < -0.39 is 10.0 Å². The second-order valence-corrected chi connectivity index (χ2v) is 9.46. The van der Waals surface area contributed by atoms with E-state index >= 15 is 0 Å². The minimum atomic E-state index is -3.64. The van der Waals surface area contributed by atoms with Crippen molar-refractivity contribution in [2.24, 2.45) is 5.92 Å². The molecule has 2 aromatic rings. The lowest BCUT2D eigenvalue weighted by molar-refractivity contribution is -0.126. The van der Waals surface area contributed by atoms with Gasteiger partial charge < -0.3 is 10.1 Å². The van der Waals surface area contributed by atoms with Crippen LogP contribution in [0.1, 0.15) is 36.9 Å². The van der Waals surface area contributed by atoms with E-state index in [1.54, 1.807) is 12.1 Å². The number of hydrogen-bond acceptors (Lipinski definition) is 4. The van der Waals surface area contributed by atoms with Gasteiger partial charge in [-0.3, -0.25) is 4.79 Å². The average Bonchev–Trinajstić information content (AvgIpc) is 2.74. The van der Waals surface area contributed by atoms with Gasteiger partial charge in [0.05, 0.1) is 24.0 Å². The largest absolute Gasteiger partial charge is 0.497 e. The van der Waals surface area contributed by atoms with Crippen molar-refractivity contribution in [3.63, 3.8) is 0 Å². The Kier molecular flexibility index (Phi) is 6.59. The zero-order valence-electron chi connectivity index (χ0n) is 17.1. The standard InChI is InChI=1S/C22H28N2O4S/c1-16-6-8-18(9-7-16)17(2)23-22(25)19-5-4-14-24(15-19)29(26,27)21-12-10-20(28-3)11-13-21/h6-13,17,19H,4-5,14-15H2,1-3H3,(H,23,25)/t17-,19+/m1/s1. The third kappa shape index (κ3) is 4.97. The van der Waals surface area contributed by atoms with Gasteiger partial charge in [-0.2, -0.15) is 4.31 Å². The molecule has 0 unspecified atom stereocenters. The molecule has 1 fully saturated rings. The van der Waals surface area contributed by atoms with Crippen LogP contribution in [0.15, 0.2) is 53.4 Å². The summed E-state index contributed by atoms with van der Waals surface area (Å²) in [4.78, 5) is 13.0. The Hall–Kier alpha value is -2.38. The Morgan fingerprint density at radius 2 is 1.79 bits per heavy atom. The molecule has 0 saturated carbocycles. The molecular weight excluding hydrogens is 388 g/mol. The number of piperidine rings is 1. The SMILES string of the molecule is COc1ccc(S(=O)(=O)N2CCC[C@H](C(=O)N[C@H](C)c3ccc(C)cc3)C2)cc1. The van der Waals surface area contributed by atoms with E-state index in [0.717, 1.165) is 5.56 Å². The minimum absolute atomic E-state index is 0.104. The van der Waals surface area contributed by atoms with Crippen molar-refractivity contribution < 1.29 is 17.9 Å². The third-order valence-corrected chi connectivity index (χ3v) is 7.27. The van der Waals surface area contributed by atoms with E-state index in [1.807, 2.05) is 38.1 Å². The molecule has 1 aliphatic rings. The van der Waals surface area contributed by atoms with E-state index in [-0.39, 0.29) is 29.3 Å². The number of rotatable bonds is 6. The molecule has 0 bridgehead atoms. The molecule has 1 N–H and O–H groups in total. The average molecular weight is 417 g/mol. The van der Waals surface area contributed by atoms with Crippen molar-refractivity contribution in [1.29, 1.82) is 0 Å². The van der Waals surface area contributed by atoms with Crippen molar-refractivity contribution in [2.75, 3.05) is 20.2 Å².